The fourth-order valence-corrected chi connectivity index (χ4v) is 8.22. The number of likely N-dealkylation sites (N-methyl/N-ethyl adjacent to an activating group) is 1. The second-order valence-corrected chi connectivity index (χ2v) is 17.6. The third-order valence-corrected chi connectivity index (χ3v) is 14.4. The molecule has 2 aromatic rings. The molecule has 4 rings (SSSR count). The van der Waals surface area contributed by atoms with Crippen molar-refractivity contribution < 1.29 is 4.79 Å². The lowest BCUT2D eigenvalue weighted by molar-refractivity contribution is 0.124. The minimum absolute atomic E-state index is 0.0665. The molecular weight excluding hydrogens is 492 g/mol. The Bertz CT molecular complexity index is 1050. The van der Waals surface area contributed by atoms with Crippen LogP contribution in [0.5, 0.6) is 0 Å². The van der Waals surface area contributed by atoms with E-state index >= 15 is 0 Å². The number of nitrogens with one attached hydrogen (secondary N) is 1. The van der Waals surface area contributed by atoms with E-state index in [1.807, 2.05) is 18.7 Å². The van der Waals surface area contributed by atoms with Crippen molar-refractivity contribution in [2.75, 3.05) is 26.7 Å². The Kier molecular flexibility index (Phi) is 6.55. The number of urea groups is 1. The number of fused-ring (bicyclic) bond motifs is 2. The number of nitrogens with zero attached hydrogens (tertiary/aromatic N) is 3. The van der Waals surface area contributed by atoms with Crippen molar-refractivity contribution in [3.63, 3.8) is 0 Å². The van der Waals surface area contributed by atoms with E-state index in [4.69, 9.17) is 0 Å². The number of likely N-dealkylation sites (tertiary alicyclic amines) is 1. The number of carbonyl (C=O) groups is 1. The number of aromatic nitrogens is 1. The maximum Gasteiger partial charge on any atom is 0.317 e. The van der Waals surface area contributed by atoms with E-state index < -0.39 is 8.24 Å². The van der Waals surface area contributed by atoms with E-state index in [0.29, 0.717) is 12.0 Å². The zero-order valence-corrected chi connectivity index (χ0v) is 24.2. The summed E-state index contributed by atoms with van der Waals surface area (Å²) in [6, 6.07) is 5.39. The van der Waals surface area contributed by atoms with Crippen LogP contribution < -0.4 is 5.32 Å². The van der Waals surface area contributed by atoms with E-state index in [0.717, 1.165) is 36.9 Å². The molecule has 2 heterocycles. The first-order chi connectivity index (χ1) is 15.4. The number of hydrogen-bond acceptors (Lipinski definition) is 2. The molecule has 2 aliphatic rings. The SMILES string of the molecule is CCN(CC)C(=O)N[C@H]1C[C@@H]2c3cc(Br)cc4c3c(cn4[Si](C)(C)C(C)(C)C)C[C@H]2N(C)C1. The quantitative estimate of drug-likeness (QED) is 0.489. The Morgan fingerprint density at radius 2 is 1.91 bits per heavy atom. The van der Waals surface area contributed by atoms with Crippen LogP contribution in [0.15, 0.2) is 22.8 Å². The van der Waals surface area contributed by atoms with E-state index in [-0.39, 0.29) is 17.1 Å². The Balaban J connectivity index is 1.75. The van der Waals surface area contributed by atoms with Gasteiger partial charge in [0.05, 0.1) is 0 Å². The third kappa shape index (κ3) is 4.18. The maximum atomic E-state index is 12.8. The molecule has 1 aliphatic heterocycles. The molecule has 1 fully saturated rings. The molecule has 0 bridgehead atoms. The fraction of sp³-hybridized carbons (Fsp3) is 0.654. The Morgan fingerprint density at radius 3 is 2.52 bits per heavy atom. The first-order valence-corrected chi connectivity index (χ1v) is 16.2. The van der Waals surface area contributed by atoms with Gasteiger partial charge in [0.1, 0.15) is 0 Å². The number of benzene rings is 1. The summed E-state index contributed by atoms with van der Waals surface area (Å²) in [7, 11) is 0.473. The normalized spacial score (nSPS) is 23.5. The molecule has 2 amide bonds. The summed E-state index contributed by atoms with van der Waals surface area (Å²) in [4.78, 5) is 17.1. The fourth-order valence-electron chi connectivity index (χ4n) is 5.78. The van der Waals surface area contributed by atoms with Crippen molar-refractivity contribution in [3.8, 4) is 0 Å². The zero-order chi connectivity index (χ0) is 24.3. The largest absolute Gasteiger partial charge is 0.374 e. The first kappa shape index (κ1) is 24.8. The maximum absolute atomic E-state index is 12.8. The van der Waals surface area contributed by atoms with Gasteiger partial charge in [-0.05, 0) is 68.2 Å². The Morgan fingerprint density at radius 1 is 1.24 bits per heavy atom. The van der Waals surface area contributed by atoms with E-state index in [1.54, 1.807) is 0 Å². The van der Waals surface area contributed by atoms with E-state index in [1.165, 1.54) is 22.0 Å². The average molecular weight is 534 g/mol. The van der Waals surface area contributed by atoms with Gasteiger partial charge >= 0.3 is 6.03 Å². The van der Waals surface area contributed by atoms with Crippen molar-refractivity contribution in [1.82, 2.24) is 19.3 Å². The number of hydrogen-bond donors (Lipinski definition) is 1. The highest BCUT2D eigenvalue weighted by atomic mass is 79.9. The zero-order valence-electron chi connectivity index (χ0n) is 21.6. The predicted molar refractivity (Wildman–Crippen MR) is 145 cm³/mol. The lowest BCUT2D eigenvalue weighted by Gasteiger charge is -2.46. The predicted octanol–water partition coefficient (Wildman–Crippen LogP) is 6.02. The minimum atomic E-state index is -1.76. The van der Waals surface area contributed by atoms with Crippen molar-refractivity contribution >= 4 is 41.1 Å². The molecule has 33 heavy (non-hydrogen) atoms. The van der Waals surface area contributed by atoms with Crippen molar-refractivity contribution in [2.45, 2.75) is 83.6 Å². The summed E-state index contributed by atoms with van der Waals surface area (Å²) in [6.45, 7) is 18.6. The number of rotatable bonds is 4. The lowest BCUT2D eigenvalue weighted by Crippen LogP contribution is -2.56. The summed E-state index contributed by atoms with van der Waals surface area (Å²) in [5.74, 6) is 0.425. The van der Waals surface area contributed by atoms with Crippen molar-refractivity contribution in [3.05, 3.63) is 33.9 Å². The lowest BCUT2D eigenvalue weighted by atomic mass is 9.74. The van der Waals surface area contributed by atoms with Crippen molar-refractivity contribution in [2.24, 2.45) is 0 Å². The van der Waals surface area contributed by atoms with Crippen LogP contribution in [0.2, 0.25) is 18.1 Å². The summed E-state index contributed by atoms with van der Waals surface area (Å²) >= 11 is 3.85. The summed E-state index contributed by atoms with van der Waals surface area (Å²) in [5, 5.41) is 5.07. The van der Waals surface area contributed by atoms with Crippen LogP contribution in [0.25, 0.3) is 10.9 Å². The molecule has 7 heteroatoms. The molecule has 1 aliphatic carbocycles. The molecule has 0 unspecified atom stereocenters. The van der Waals surface area contributed by atoms with Gasteiger partial charge in [0.15, 0.2) is 8.24 Å². The van der Waals surface area contributed by atoms with Gasteiger partial charge in [0, 0.05) is 53.0 Å². The van der Waals surface area contributed by atoms with Crippen LogP contribution >= 0.6 is 15.9 Å². The highest BCUT2D eigenvalue weighted by Gasteiger charge is 2.43. The third-order valence-electron chi connectivity index (χ3n) is 8.70. The highest BCUT2D eigenvalue weighted by Crippen LogP contribution is 2.47. The summed E-state index contributed by atoms with van der Waals surface area (Å²) in [6.07, 6.45) is 4.57. The topological polar surface area (TPSA) is 40.5 Å². The molecule has 182 valence electrons. The van der Waals surface area contributed by atoms with Gasteiger partial charge in [0.2, 0.25) is 0 Å². The van der Waals surface area contributed by atoms with Gasteiger partial charge in [-0.15, -0.1) is 0 Å². The number of piperidine rings is 1. The van der Waals surface area contributed by atoms with Crippen LogP contribution in [0, 0.1) is 0 Å². The minimum Gasteiger partial charge on any atom is -0.374 e. The van der Waals surface area contributed by atoms with Crippen molar-refractivity contribution in [1.29, 1.82) is 0 Å². The summed E-state index contributed by atoms with van der Waals surface area (Å²) < 4.78 is 3.82. The molecule has 3 atom stereocenters. The molecule has 0 saturated carbocycles. The standard InChI is InChI=1S/C26H41BrN4OSi/c1-9-30(10-2)25(32)28-19-14-20-21-12-18(27)13-23-24(21)17(11-22(20)29(6)16-19)15-31(23)33(7,8)26(3,4)5/h12-13,15,19-20,22H,9-11,14,16H2,1-8H3,(H,28,32)/t19-,20+,22+/m0/s1. The highest BCUT2D eigenvalue weighted by molar-refractivity contribution is 9.10. The van der Waals surface area contributed by atoms with Crippen LogP contribution in [0.3, 0.4) is 0 Å². The monoisotopic (exact) mass is 532 g/mol. The molecule has 0 radical (unpaired) electrons. The second kappa shape index (κ2) is 8.72. The molecule has 1 aromatic carbocycles. The van der Waals surface area contributed by atoms with Gasteiger partial charge in [0.25, 0.3) is 0 Å². The molecular formula is C26H41BrN4OSi. The van der Waals surface area contributed by atoms with Gasteiger partial charge < -0.3 is 19.3 Å². The molecule has 5 nitrogen and oxygen atoms in total. The summed E-state index contributed by atoms with van der Waals surface area (Å²) in [5.41, 5.74) is 4.34. The number of carbonyl (C=O) groups excluding carboxylic acids is 1. The van der Waals surface area contributed by atoms with Gasteiger partial charge in [-0.1, -0.05) is 49.8 Å². The van der Waals surface area contributed by atoms with Gasteiger partial charge in [-0.2, -0.15) is 0 Å². The number of amides is 2. The Hall–Kier alpha value is -1.31. The Labute approximate surface area is 209 Å². The van der Waals surface area contributed by atoms with Gasteiger partial charge in [-0.3, -0.25) is 0 Å². The second-order valence-electron chi connectivity index (χ2n) is 11.6. The van der Waals surface area contributed by atoms with Gasteiger partial charge in [-0.25, -0.2) is 4.79 Å². The van der Waals surface area contributed by atoms with Crippen LogP contribution in [0.1, 0.15) is 58.1 Å². The van der Waals surface area contributed by atoms with E-state index in [9.17, 15) is 4.79 Å². The van der Waals surface area contributed by atoms with Crippen LogP contribution in [0.4, 0.5) is 4.79 Å². The number of halogens is 1. The molecule has 0 spiro atoms. The van der Waals surface area contributed by atoms with Crippen LogP contribution in [-0.2, 0) is 6.42 Å². The van der Waals surface area contributed by atoms with Crippen LogP contribution in [-0.4, -0.2) is 67.1 Å². The smallest absolute Gasteiger partial charge is 0.317 e. The molecule has 1 aromatic heterocycles. The first-order valence-electron chi connectivity index (χ1n) is 12.5. The molecule has 1 N–H and O–H groups in total. The molecule has 1 saturated heterocycles. The average Bonchev–Trinajstić information content (AvgIpc) is 3.08. The van der Waals surface area contributed by atoms with E-state index in [2.05, 4.69) is 89.6 Å².